The molecule has 2 rings (SSSR count). The van der Waals surface area contributed by atoms with Crippen molar-refractivity contribution in [2.24, 2.45) is 0 Å². The zero-order valence-corrected chi connectivity index (χ0v) is 10.7. The van der Waals surface area contributed by atoms with Gasteiger partial charge in [-0.15, -0.1) is 0 Å². The largest absolute Gasteiger partial charge is 0.480 e. The number of carboxylic acids is 1. The molecule has 1 saturated heterocycles. The Labute approximate surface area is 109 Å². The van der Waals surface area contributed by atoms with Crippen LogP contribution in [0.5, 0.6) is 0 Å². The summed E-state index contributed by atoms with van der Waals surface area (Å²) in [7, 11) is 0. The number of piperazine rings is 1. The zero-order chi connectivity index (χ0) is 14.0. The summed E-state index contributed by atoms with van der Waals surface area (Å²) in [6.45, 7) is 4.05. The van der Waals surface area contributed by atoms with E-state index < -0.39 is 12.0 Å². The molecule has 4 N–H and O–H groups in total. The van der Waals surface area contributed by atoms with Crippen LogP contribution in [0.1, 0.15) is 6.92 Å². The second-order valence-electron chi connectivity index (χ2n) is 4.51. The fourth-order valence-electron chi connectivity index (χ4n) is 2.13. The molecular formula is C11H17N5O3. The lowest BCUT2D eigenvalue weighted by Gasteiger charge is -2.37. The molecule has 1 fully saturated rings. The van der Waals surface area contributed by atoms with Crippen molar-refractivity contribution in [3.8, 4) is 0 Å². The summed E-state index contributed by atoms with van der Waals surface area (Å²) in [4.78, 5) is 32.6. The van der Waals surface area contributed by atoms with Crippen molar-refractivity contribution in [2.75, 3.05) is 36.8 Å². The second-order valence-corrected chi connectivity index (χ2v) is 4.51. The Hall–Kier alpha value is -2.09. The molecule has 2 heterocycles. The first-order chi connectivity index (χ1) is 9.00. The third-order valence-electron chi connectivity index (χ3n) is 3.39. The summed E-state index contributed by atoms with van der Waals surface area (Å²) >= 11 is 0. The molecular weight excluding hydrogens is 250 g/mol. The Morgan fingerprint density at radius 1 is 1.47 bits per heavy atom. The first kappa shape index (κ1) is 13.3. The van der Waals surface area contributed by atoms with Crippen molar-refractivity contribution < 1.29 is 9.90 Å². The SMILES string of the molecule is CC(C(=O)O)N1CCN(c2nc[nH]c(=O)c2N)CC1. The quantitative estimate of drug-likeness (QED) is 0.639. The maximum atomic E-state index is 11.4. The molecule has 8 nitrogen and oxygen atoms in total. The highest BCUT2D eigenvalue weighted by Crippen LogP contribution is 2.17. The van der Waals surface area contributed by atoms with E-state index in [0.29, 0.717) is 32.0 Å². The third kappa shape index (κ3) is 2.68. The van der Waals surface area contributed by atoms with Crippen LogP contribution in [-0.4, -0.2) is 58.2 Å². The van der Waals surface area contributed by atoms with Crippen molar-refractivity contribution in [3.63, 3.8) is 0 Å². The van der Waals surface area contributed by atoms with Gasteiger partial charge in [0.2, 0.25) is 0 Å². The van der Waals surface area contributed by atoms with Crippen LogP contribution in [0.25, 0.3) is 0 Å². The van der Waals surface area contributed by atoms with Crippen molar-refractivity contribution in [2.45, 2.75) is 13.0 Å². The number of nitrogen functional groups attached to an aromatic ring is 1. The van der Waals surface area contributed by atoms with Gasteiger partial charge < -0.3 is 20.7 Å². The predicted molar refractivity (Wildman–Crippen MR) is 70.2 cm³/mol. The molecule has 0 saturated carbocycles. The predicted octanol–water partition coefficient (Wildman–Crippen LogP) is -1.05. The fraction of sp³-hybridized carbons (Fsp3) is 0.545. The maximum absolute atomic E-state index is 11.4. The highest BCUT2D eigenvalue weighted by Gasteiger charge is 2.26. The van der Waals surface area contributed by atoms with Crippen molar-refractivity contribution in [1.29, 1.82) is 0 Å². The highest BCUT2D eigenvalue weighted by molar-refractivity contribution is 5.73. The summed E-state index contributed by atoms with van der Waals surface area (Å²) in [5.41, 5.74) is 5.44. The Morgan fingerprint density at radius 3 is 2.68 bits per heavy atom. The normalized spacial score (nSPS) is 18.3. The number of rotatable bonds is 3. The van der Waals surface area contributed by atoms with E-state index in [4.69, 9.17) is 10.8 Å². The van der Waals surface area contributed by atoms with Crippen LogP contribution in [0.2, 0.25) is 0 Å². The van der Waals surface area contributed by atoms with Crippen LogP contribution in [0.15, 0.2) is 11.1 Å². The van der Waals surface area contributed by atoms with Crippen LogP contribution in [0.3, 0.4) is 0 Å². The number of carboxylic acid groups (broad SMARTS) is 1. The van der Waals surface area contributed by atoms with Gasteiger partial charge in [-0.3, -0.25) is 14.5 Å². The topological polar surface area (TPSA) is 116 Å². The van der Waals surface area contributed by atoms with E-state index in [1.807, 2.05) is 9.80 Å². The Balaban J connectivity index is 2.06. The van der Waals surface area contributed by atoms with Gasteiger partial charge in [0.15, 0.2) is 5.82 Å². The average Bonchev–Trinajstić information content (AvgIpc) is 2.41. The summed E-state index contributed by atoms with van der Waals surface area (Å²) < 4.78 is 0. The van der Waals surface area contributed by atoms with Crippen LogP contribution in [0, 0.1) is 0 Å². The first-order valence-corrected chi connectivity index (χ1v) is 6.05. The van der Waals surface area contributed by atoms with E-state index in [9.17, 15) is 9.59 Å². The number of hydrogen-bond acceptors (Lipinski definition) is 6. The highest BCUT2D eigenvalue weighted by atomic mass is 16.4. The molecule has 104 valence electrons. The Kier molecular flexibility index (Phi) is 3.70. The lowest BCUT2D eigenvalue weighted by Crippen LogP contribution is -2.52. The summed E-state index contributed by atoms with van der Waals surface area (Å²) in [5.74, 6) is -0.367. The number of aromatic amines is 1. The number of anilines is 2. The van der Waals surface area contributed by atoms with E-state index in [0.717, 1.165) is 0 Å². The van der Waals surface area contributed by atoms with Crippen LogP contribution in [-0.2, 0) is 4.79 Å². The molecule has 0 spiro atoms. The minimum Gasteiger partial charge on any atom is -0.480 e. The van der Waals surface area contributed by atoms with Crippen LogP contribution < -0.4 is 16.2 Å². The maximum Gasteiger partial charge on any atom is 0.320 e. The standard InChI is InChI=1S/C11H17N5O3/c1-7(11(18)19)15-2-4-16(5-3-15)9-8(12)10(17)14-6-13-9/h6-7H,2-5,12H2,1H3,(H,18,19)(H,13,14,17). The molecule has 1 aliphatic rings. The van der Waals surface area contributed by atoms with E-state index in [1.54, 1.807) is 6.92 Å². The molecule has 1 aromatic heterocycles. The molecule has 0 aromatic carbocycles. The molecule has 1 unspecified atom stereocenters. The number of hydrogen-bond donors (Lipinski definition) is 3. The second kappa shape index (κ2) is 5.27. The van der Waals surface area contributed by atoms with E-state index in [1.165, 1.54) is 6.33 Å². The average molecular weight is 267 g/mol. The van der Waals surface area contributed by atoms with Gasteiger partial charge in [-0.1, -0.05) is 0 Å². The van der Waals surface area contributed by atoms with Crippen molar-refractivity contribution in [3.05, 3.63) is 16.7 Å². The number of aliphatic carboxylic acids is 1. The van der Waals surface area contributed by atoms with Gasteiger partial charge in [-0.2, -0.15) is 0 Å². The summed E-state index contributed by atoms with van der Waals surface area (Å²) in [5, 5.41) is 8.96. The fourth-order valence-corrected chi connectivity index (χ4v) is 2.13. The number of nitrogens with one attached hydrogen (secondary N) is 1. The molecule has 0 radical (unpaired) electrons. The minimum atomic E-state index is -0.831. The molecule has 0 amide bonds. The third-order valence-corrected chi connectivity index (χ3v) is 3.39. The van der Waals surface area contributed by atoms with Gasteiger partial charge >= 0.3 is 5.97 Å². The Bertz CT molecular complexity index is 521. The monoisotopic (exact) mass is 267 g/mol. The van der Waals surface area contributed by atoms with Gasteiger partial charge in [-0.25, -0.2) is 4.98 Å². The number of carbonyl (C=O) groups is 1. The molecule has 19 heavy (non-hydrogen) atoms. The van der Waals surface area contributed by atoms with Gasteiger partial charge in [0, 0.05) is 26.2 Å². The number of H-pyrrole nitrogens is 1. The molecule has 1 aromatic rings. The van der Waals surface area contributed by atoms with Gasteiger partial charge in [0.25, 0.3) is 5.56 Å². The molecule has 1 atom stereocenters. The van der Waals surface area contributed by atoms with E-state index in [2.05, 4.69) is 9.97 Å². The number of aromatic nitrogens is 2. The van der Waals surface area contributed by atoms with Crippen molar-refractivity contribution >= 4 is 17.5 Å². The first-order valence-electron chi connectivity index (χ1n) is 6.05. The molecule has 8 heteroatoms. The molecule has 1 aliphatic heterocycles. The zero-order valence-electron chi connectivity index (χ0n) is 10.7. The lowest BCUT2D eigenvalue weighted by atomic mass is 10.2. The van der Waals surface area contributed by atoms with Crippen molar-refractivity contribution in [1.82, 2.24) is 14.9 Å². The van der Waals surface area contributed by atoms with Gasteiger partial charge in [-0.05, 0) is 6.92 Å². The Morgan fingerprint density at radius 2 is 2.11 bits per heavy atom. The van der Waals surface area contributed by atoms with E-state index in [-0.39, 0.29) is 11.2 Å². The summed E-state index contributed by atoms with van der Waals surface area (Å²) in [6.07, 6.45) is 1.32. The van der Waals surface area contributed by atoms with Crippen LogP contribution in [0.4, 0.5) is 11.5 Å². The summed E-state index contributed by atoms with van der Waals surface area (Å²) in [6, 6.07) is -0.508. The van der Waals surface area contributed by atoms with Gasteiger partial charge in [0.1, 0.15) is 11.7 Å². The minimum absolute atomic E-state index is 0.0993. The molecule has 0 bridgehead atoms. The van der Waals surface area contributed by atoms with Crippen LogP contribution >= 0.6 is 0 Å². The van der Waals surface area contributed by atoms with Gasteiger partial charge in [0.05, 0.1) is 6.33 Å². The molecule has 0 aliphatic carbocycles. The number of nitrogens with zero attached hydrogens (tertiary/aromatic N) is 3. The smallest absolute Gasteiger partial charge is 0.320 e. The number of nitrogens with two attached hydrogens (primary N) is 1. The van der Waals surface area contributed by atoms with E-state index >= 15 is 0 Å². The lowest BCUT2D eigenvalue weighted by molar-refractivity contribution is -0.142.